The fourth-order valence-corrected chi connectivity index (χ4v) is 2.57. The summed E-state index contributed by atoms with van der Waals surface area (Å²) in [6, 6.07) is 11.0. The van der Waals surface area contributed by atoms with E-state index in [4.69, 9.17) is 0 Å². The number of benzene rings is 2. The van der Waals surface area contributed by atoms with Crippen LogP contribution in [0.15, 0.2) is 42.5 Å². The molecule has 1 N–H and O–H groups in total. The van der Waals surface area contributed by atoms with Gasteiger partial charge in [-0.3, -0.25) is 9.59 Å². The van der Waals surface area contributed by atoms with Crippen LogP contribution >= 0.6 is 0 Å². The van der Waals surface area contributed by atoms with Gasteiger partial charge in [-0.15, -0.1) is 0 Å². The van der Waals surface area contributed by atoms with E-state index < -0.39 is 17.8 Å². The lowest BCUT2D eigenvalue weighted by Gasteiger charge is -2.20. The van der Waals surface area contributed by atoms with Crippen LogP contribution in [-0.4, -0.2) is 37.0 Å². The lowest BCUT2D eigenvalue weighted by molar-refractivity contribution is 0.0698. The molecule has 1 heterocycles. The number of hydrogen-bond donors (Lipinski definition) is 1. The first-order valence-electron chi connectivity index (χ1n) is 6.94. The van der Waals surface area contributed by atoms with Crippen molar-refractivity contribution >= 4 is 29.2 Å². The Morgan fingerprint density at radius 1 is 1.00 bits per heavy atom. The third-order valence-electron chi connectivity index (χ3n) is 3.76. The minimum atomic E-state index is -1.19. The molecule has 6 heteroatoms. The molecule has 0 aromatic heterocycles. The number of nitrogens with zero attached hydrogens (tertiary/aromatic N) is 2. The smallest absolute Gasteiger partial charge is 0.337 e. The molecule has 0 saturated heterocycles. The molecule has 1 aliphatic rings. The second kappa shape index (κ2) is 5.24. The summed E-state index contributed by atoms with van der Waals surface area (Å²) in [4.78, 5) is 39.3. The Hall–Kier alpha value is -3.15. The zero-order valence-corrected chi connectivity index (χ0v) is 12.6. The van der Waals surface area contributed by atoms with Gasteiger partial charge in [-0.1, -0.05) is 12.1 Å². The molecular weight excluding hydrogens is 296 g/mol. The van der Waals surface area contributed by atoms with E-state index in [1.54, 1.807) is 49.3 Å². The quantitative estimate of drug-likeness (QED) is 0.880. The molecule has 23 heavy (non-hydrogen) atoms. The van der Waals surface area contributed by atoms with Gasteiger partial charge < -0.3 is 10.0 Å². The summed E-state index contributed by atoms with van der Waals surface area (Å²) in [6.45, 7) is 0. The summed E-state index contributed by atoms with van der Waals surface area (Å²) in [5.74, 6) is -2.21. The summed E-state index contributed by atoms with van der Waals surface area (Å²) in [7, 11) is 3.59. The number of carboxylic acids is 1. The minimum absolute atomic E-state index is 0.0786. The molecule has 0 bridgehead atoms. The van der Waals surface area contributed by atoms with E-state index in [0.29, 0.717) is 5.69 Å². The summed E-state index contributed by atoms with van der Waals surface area (Å²) in [5.41, 5.74) is 1.25. The van der Waals surface area contributed by atoms with Crippen LogP contribution in [0.5, 0.6) is 0 Å². The summed E-state index contributed by atoms with van der Waals surface area (Å²) in [6.07, 6.45) is 0. The van der Waals surface area contributed by atoms with E-state index in [0.717, 1.165) is 4.90 Å². The largest absolute Gasteiger partial charge is 0.478 e. The number of rotatable bonds is 3. The highest BCUT2D eigenvalue weighted by Gasteiger charge is 2.38. The molecular formula is C17H14N2O4. The Labute approximate surface area is 132 Å². The Morgan fingerprint density at radius 3 is 2.04 bits per heavy atom. The van der Waals surface area contributed by atoms with Crippen molar-refractivity contribution in [1.29, 1.82) is 0 Å². The molecule has 2 aromatic carbocycles. The zero-order chi connectivity index (χ0) is 16.7. The minimum Gasteiger partial charge on any atom is -0.478 e. The third kappa shape index (κ3) is 2.24. The molecule has 0 spiro atoms. The van der Waals surface area contributed by atoms with Crippen molar-refractivity contribution in [2.75, 3.05) is 23.9 Å². The molecule has 0 unspecified atom stereocenters. The topological polar surface area (TPSA) is 77.9 Å². The number of carbonyl (C=O) groups is 3. The highest BCUT2D eigenvalue weighted by Crippen LogP contribution is 2.33. The molecule has 116 valence electrons. The average Bonchev–Trinajstić information content (AvgIpc) is 2.78. The van der Waals surface area contributed by atoms with Crippen LogP contribution in [0, 0.1) is 0 Å². The Bertz CT molecular complexity index is 807. The predicted octanol–water partition coefficient (Wildman–Crippen LogP) is 2.25. The lowest BCUT2D eigenvalue weighted by Crippen LogP contribution is -2.31. The fourth-order valence-electron chi connectivity index (χ4n) is 2.57. The van der Waals surface area contributed by atoms with Gasteiger partial charge in [0.1, 0.15) is 0 Å². The molecule has 3 rings (SSSR count). The van der Waals surface area contributed by atoms with Crippen molar-refractivity contribution in [2.24, 2.45) is 0 Å². The van der Waals surface area contributed by atoms with Crippen LogP contribution in [-0.2, 0) is 0 Å². The van der Waals surface area contributed by atoms with Crippen molar-refractivity contribution in [3.63, 3.8) is 0 Å². The van der Waals surface area contributed by atoms with Crippen molar-refractivity contribution in [3.05, 3.63) is 59.2 Å². The van der Waals surface area contributed by atoms with E-state index in [1.807, 2.05) is 0 Å². The number of amides is 2. The van der Waals surface area contributed by atoms with E-state index >= 15 is 0 Å². The second-order valence-corrected chi connectivity index (χ2v) is 5.39. The first-order valence-corrected chi connectivity index (χ1v) is 6.94. The number of anilines is 2. The van der Waals surface area contributed by atoms with E-state index in [1.165, 1.54) is 12.1 Å². The Kier molecular flexibility index (Phi) is 3.37. The standard InChI is InChI=1S/C17H14N2O4/c1-18(2)10-7-8-13(17(22)23)14(9-10)19-15(20)11-5-3-4-6-12(11)16(19)21/h3-9H,1-2H3,(H,22,23). The normalized spacial score (nSPS) is 13.2. The van der Waals surface area contributed by atoms with Crippen molar-refractivity contribution in [1.82, 2.24) is 0 Å². The maximum atomic E-state index is 12.6. The maximum Gasteiger partial charge on any atom is 0.337 e. The number of aromatic carboxylic acids is 1. The van der Waals surface area contributed by atoms with Gasteiger partial charge in [0.05, 0.1) is 22.4 Å². The van der Waals surface area contributed by atoms with Gasteiger partial charge in [0.25, 0.3) is 11.8 Å². The number of imide groups is 1. The van der Waals surface area contributed by atoms with E-state index in [-0.39, 0.29) is 22.4 Å². The van der Waals surface area contributed by atoms with Crippen LogP contribution < -0.4 is 9.80 Å². The maximum absolute atomic E-state index is 12.6. The zero-order valence-electron chi connectivity index (χ0n) is 12.6. The molecule has 0 saturated carbocycles. The number of carboxylic acid groups (broad SMARTS) is 1. The van der Waals surface area contributed by atoms with Crippen molar-refractivity contribution in [3.8, 4) is 0 Å². The molecule has 1 aliphatic heterocycles. The average molecular weight is 310 g/mol. The Balaban J connectivity index is 2.19. The molecule has 2 aromatic rings. The predicted molar refractivity (Wildman–Crippen MR) is 85.3 cm³/mol. The number of fused-ring (bicyclic) bond motifs is 1. The van der Waals surface area contributed by atoms with Gasteiger partial charge in [0.2, 0.25) is 0 Å². The van der Waals surface area contributed by atoms with Gasteiger partial charge in [-0.25, -0.2) is 9.69 Å². The van der Waals surface area contributed by atoms with Crippen LogP contribution in [0.4, 0.5) is 11.4 Å². The molecule has 0 atom stereocenters. The number of hydrogen-bond acceptors (Lipinski definition) is 4. The third-order valence-corrected chi connectivity index (χ3v) is 3.76. The molecule has 0 aliphatic carbocycles. The fraction of sp³-hybridized carbons (Fsp3) is 0.118. The van der Waals surface area contributed by atoms with Crippen LogP contribution in [0.2, 0.25) is 0 Å². The van der Waals surface area contributed by atoms with Crippen LogP contribution in [0.25, 0.3) is 0 Å². The SMILES string of the molecule is CN(C)c1ccc(C(=O)O)c(N2C(=O)c3ccccc3C2=O)c1. The van der Waals surface area contributed by atoms with Gasteiger partial charge in [-0.05, 0) is 30.3 Å². The van der Waals surface area contributed by atoms with Crippen molar-refractivity contribution < 1.29 is 19.5 Å². The molecule has 0 radical (unpaired) electrons. The van der Waals surface area contributed by atoms with Crippen LogP contribution in [0.1, 0.15) is 31.1 Å². The first-order chi connectivity index (χ1) is 10.9. The van der Waals surface area contributed by atoms with Gasteiger partial charge in [0.15, 0.2) is 0 Å². The highest BCUT2D eigenvalue weighted by atomic mass is 16.4. The monoisotopic (exact) mass is 310 g/mol. The second-order valence-electron chi connectivity index (χ2n) is 5.39. The van der Waals surface area contributed by atoms with Crippen molar-refractivity contribution in [2.45, 2.75) is 0 Å². The summed E-state index contributed by atoms with van der Waals surface area (Å²) < 4.78 is 0. The summed E-state index contributed by atoms with van der Waals surface area (Å²) >= 11 is 0. The number of carbonyl (C=O) groups excluding carboxylic acids is 2. The molecule has 0 fully saturated rings. The van der Waals surface area contributed by atoms with E-state index in [9.17, 15) is 19.5 Å². The highest BCUT2D eigenvalue weighted by molar-refractivity contribution is 6.35. The van der Waals surface area contributed by atoms with Gasteiger partial charge in [0, 0.05) is 19.8 Å². The Morgan fingerprint density at radius 2 is 1.57 bits per heavy atom. The molecule has 2 amide bonds. The van der Waals surface area contributed by atoms with Gasteiger partial charge in [-0.2, -0.15) is 0 Å². The van der Waals surface area contributed by atoms with Gasteiger partial charge >= 0.3 is 5.97 Å². The summed E-state index contributed by atoms with van der Waals surface area (Å²) in [5, 5.41) is 9.38. The molecule has 6 nitrogen and oxygen atoms in total. The van der Waals surface area contributed by atoms with E-state index in [2.05, 4.69) is 0 Å². The van der Waals surface area contributed by atoms with Crippen LogP contribution in [0.3, 0.4) is 0 Å². The first kappa shape index (κ1) is 14.8. The lowest BCUT2D eigenvalue weighted by atomic mass is 10.1.